The molecule has 1 saturated heterocycles. The zero-order valence-corrected chi connectivity index (χ0v) is 16.4. The van der Waals surface area contributed by atoms with E-state index in [0.29, 0.717) is 0 Å². The lowest BCUT2D eigenvalue weighted by Crippen LogP contribution is -2.43. The van der Waals surface area contributed by atoms with E-state index >= 15 is 0 Å². The minimum absolute atomic E-state index is 0.113. The lowest BCUT2D eigenvalue weighted by atomic mass is 9.89. The maximum absolute atomic E-state index is 13.6. The molecule has 5 heteroatoms. The van der Waals surface area contributed by atoms with Gasteiger partial charge in [0.1, 0.15) is 0 Å². The van der Waals surface area contributed by atoms with Gasteiger partial charge in [-0.05, 0) is 45.2 Å². The number of aryl methyl sites for hydroxylation is 2. The molecule has 0 radical (unpaired) electrons. The van der Waals surface area contributed by atoms with Gasteiger partial charge in [0.05, 0.1) is 23.0 Å². The highest BCUT2D eigenvalue weighted by Crippen LogP contribution is 2.40. The number of likely N-dealkylation sites (tertiary alicyclic amines) is 1. The molecular weight excluding hydrogens is 336 g/mol. The van der Waals surface area contributed by atoms with E-state index < -0.39 is 0 Å². The fourth-order valence-corrected chi connectivity index (χ4v) is 4.43. The fourth-order valence-electron chi connectivity index (χ4n) is 4.43. The van der Waals surface area contributed by atoms with Gasteiger partial charge in [0, 0.05) is 31.2 Å². The van der Waals surface area contributed by atoms with Gasteiger partial charge < -0.3 is 9.47 Å². The van der Waals surface area contributed by atoms with Crippen LogP contribution < -0.4 is 0 Å². The van der Waals surface area contributed by atoms with Gasteiger partial charge in [-0.2, -0.15) is 5.10 Å². The fraction of sp³-hybridized carbons (Fsp3) is 0.364. The molecule has 1 aliphatic rings. The van der Waals surface area contributed by atoms with Crippen LogP contribution in [0, 0.1) is 13.8 Å². The normalized spacial score (nSPS) is 19.6. The molecule has 3 heterocycles. The van der Waals surface area contributed by atoms with Crippen LogP contribution in [0.15, 0.2) is 48.8 Å². The third-order valence-electron chi connectivity index (χ3n) is 5.89. The third kappa shape index (κ3) is 2.78. The van der Waals surface area contributed by atoms with Crippen LogP contribution in [0.2, 0.25) is 0 Å². The number of aromatic nitrogens is 3. The molecule has 0 spiro atoms. The summed E-state index contributed by atoms with van der Waals surface area (Å²) in [7, 11) is 1.90. The van der Waals surface area contributed by atoms with Crippen LogP contribution in [0.25, 0.3) is 5.69 Å². The van der Waals surface area contributed by atoms with E-state index in [1.165, 1.54) is 5.56 Å². The molecule has 1 fully saturated rings. The van der Waals surface area contributed by atoms with Crippen LogP contribution in [0.3, 0.4) is 0 Å². The Balaban J connectivity index is 1.73. The van der Waals surface area contributed by atoms with Crippen molar-refractivity contribution in [3.8, 4) is 5.69 Å². The van der Waals surface area contributed by atoms with Gasteiger partial charge in [0.15, 0.2) is 0 Å². The smallest absolute Gasteiger partial charge is 0.256 e. The Morgan fingerprint density at radius 3 is 2.59 bits per heavy atom. The maximum atomic E-state index is 13.6. The first-order chi connectivity index (χ1) is 12.9. The second kappa shape index (κ2) is 6.41. The highest BCUT2D eigenvalue weighted by Gasteiger charge is 2.41. The first-order valence-corrected chi connectivity index (χ1v) is 9.47. The molecule has 0 N–H and O–H groups in total. The van der Waals surface area contributed by atoms with Crippen molar-refractivity contribution in [3.05, 3.63) is 71.3 Å². The Labute approximate surface area is 160 Å². The molecule has 1 aliphatic heterocycles. The van der Waals surface area contributed by atoms with Gasteiger partial charge in [0.25, 0.3) is 5.91 Å². The minimum Gasteiger partial charge on any atom is -0.329 e. The molecule has 4 rings (SSSR count). The summed E-state index contributed by atoms with van der Waals surface area (Å²) in [5.41, 5.74) is 4.73. The number of nitrogens with zero attached hydrogens (tertiary/aromatic N) is 4. The third-order valence-corrected chi connectivity index (χ3v) is 5.89. The van der Waals surface area contributed by atoms with E-state index in [4.69, 9.17) is 0 Å². The number of hydrogen-bond acceptors (Lipinski definition) is 2. The summed E-state index contributed by atoms with van der Waals surface area (Å²) in [6, 6.07) is 12.4. The minimum atomic E-state index is -0.255. The van der Waals surface area contributed by atoms with Crippen molar-refractivity contribution >= 4 is 5.91 Å². The van der Waals surface area contributed by atoms with Crippen molar-refractivity contribution in [2.45, 2.75) is 39.2 Å². The zero-order chi connectivity index (χ0) is 19.2. The van der Waals surface area contributed by atoms with E-state index in [-0.39, 0.29) is 11.4 Å². The van der Waals surface area contributed by atoms with Crippen molar-refractivity contribution in [1.29, 1.82) is 0 Å². The summed E-state index contributed by atoms with van der Waals surface area (Å²) in [5, 5.41) is 4.27. The van der Waals surface area contributed by atoms with Crippen LogP contribution in [0.4, 0.5) is 0 Å². The Morgan fingerprint density at radius 1 is 1.19 bits per heavy atom. The number of hydrogen-bond donors (Lipinski definition) is 0. The molecule has 0 saturated carbocycles. The Morgan fingerprint density at radius 2 is 1.93 bits per heavy atom. The molecule has 27 heavy (non-hydrogen) atoms. The van der Waals surface area contributed by atoms with Crippen molar-refractivity contribution in [2.75, 3.05) is 6.54 Å². The molecule has 5 nitrogen and oxygen atoms in total. The summed E-state index contributed by atoms with van der Waals surface area (Å²) < 4.78 is 3.89. The Hall–Kier alpha value is -2.82. The van der Waals surface area contributed by atoms with Crippen LogP contribution >= 0.6 is 0 Å². The molecule has 0 aliphatic carbocycles. The Bertz CT molecular complexity index is 985. The topological polar surface area (TPSA) is 43.1 Å². The monoisotopic (exact) mass is 362 g/mol. The molecule has 0 bridgehead atoms. The number of carbonyl (C=O) groups excluding carboxylic acids is 1. The highest BCUT2D eigenvalue weighted by atomic mass is 16.2. The first kappa shape index (κ1) is 17.6. The summed E-state index contributed by atoms with van der Waals surface area (Å²) >= 11 is 0. The van der Waals surface area contributed by atoms with Crippen LogP contribution in [-0.4, -0.2) is 31.7 Å². The second-order valence-electron chi connectivity index (χ2n) is 7.69. The summed E-state index contributed by atoms with van der Waals surface area (Å²) in [4.78, 5) is 15.6. The average Bonchev–Trinajstić information content (AvgIpc) is 3.33. The highest BCUT2D eigenvalue weighted by molar-refractivity contribution is 5.96. The quantitative estimate of drug-likeness (QED) is 0.707. The first-order valence-electron chi connectivity index (χ1n) is 9.47. The van der Waals surface area contributed by atoms with E-state index in [0.717, 1.165) is 42.0 Å². The van der Waals surface area contributed by atoms with Crippen molar-refractivity contribution in [2.24, 2.45) is 7.05 Å². The van der Waals surface area contributed by atoms with Crippen molar-refractivity contribution < 1.29 is 4.79 Å². The molecule has 2 aromatic heterocycles. The molecule has 140 valence electrons. The van der Waals surface area contributed by atoms with Crippen LogP contribution in [0.1, 0.15) is 47.1 Å². The zero-order valence-electron chi connectivity index (χ0n) is 16.4. The van der Waals surface area contributed by atoms with Crippen LogP contribution in [0.5, 0.6) is 0 Å². The molecule has 1 aromatic carbocycles. The lowest BCUT2D eigenvalue weighted by molar-refractivity contribution is 0.0618. The molecule has 1 amide bonds. The summed E-state index contributed by atoms with van der Waals surface area (Å²) in [6.07, 6.45) is 5.82. The Kier molecular flexibility index (Phi) is 4.17. The molecule has 1 unspecified atom stereocenters. The van der Waals surface area contributed by atoms with Crippen molar-refractivity contribution in [1.82, 2.24) is 19.2 Å². The largest absolute Gasteiger partial charge is 0.329 e. The van der Waals surface area contributed by atoms with E-state index in [2.05, 4.69) is 45.8 Å². The summed E-state index contributed by atoms with van der Waals surface area (Å²) in [6.45, 7) is 7.04. The van der Waals surface area contributed by atoms with Gasteiger partial charge >= 0.3 is 0 Å². The van der Waals surface area contributed by atoms with E-state index in [1.807, 2.05) is 45.4 Å². The number of carbonyl (C=O) groups is 1. The van der Waals surface area contributed by atoms with E-state index in [9.17, 15) is 4.79 Å². The van der Waals surface area contributed by atoms with Crippen LogP contribution in [-0.2, 0) is 12.6 Å². The second-order valence-corrected chi connectivity index (χ2v) is 7.69. The summed E-state index contributed by atoms with van der Waals surface area (Å²) in [5.74, 6) is 0.113. The standard InChI is InChI=1S/C22H26N4O/c1-16-13-20(17(2)26(16)19-14-23-24(4)15-19)21(27)25-12-8-11-22(25,3)18-9-6-5-7-10-18/h5-7,9-10,13-15H,8,11-12H2,1-4H3. The number of benzene rings is 1. The van der Waals surface area contributed by atoms with Gasteiger partial charge in [-0.25, -0.2) is 0 Å². The predicted octanol–water partition coefficient (Wildman–Crippen LogP) is 3.98. The average molecular weight is 362 g/mol. The molecule has 3 aromatic rings. The SMILES string of the molecule is Cc1cc(C(=O)N2CCCC2(C)c2ccccc2)c(C)n1-c1cnn(C)c1. The molecular formula is C22H26N4O. The maximum Gasteiger partial charge on any atom is 0.256 e. The number of rotatable bonds is 3. The van der Waals surface area contributed by atoms with Gasteiger partial charge in [-0.15, -0.1) is 0 Å². The van der Waals surface area contributed by atoms with Gasteiger partial charge in [0.2, 0.25) is 0 Å². The number of amides is 1. The predicted molar refractivity (Wildman–Crippen MR) is 106 cm³/mol. The van der Waals surface area contributed by atoms with E-state index in [1.54, 1.807) is 4.68 Å². The molecule has 1 atom stereocenters. The van der Waals surface area contributed by atoms with Crippen molar-refractivity contribution in [3.63, 3.8) is 0 Å². The van der Waals surface area contributed by atoms with Gasteiger partial charge in [-0.1, -0.05) is 30.3 Å². The van der Waals surface area contributed by atoms with Gasteiger partial charge in [-0.3, -0.25) is 9.48 Å². The lowest BCUT2D eigenvalue weighted by Gasteiger charge is -2.36.